The van der Waals surface area contributed by atoms with Gasteiger partial charge in [0.2, 0.25) is 0 Å². The summed E-state index contributed by atoms with van der Waals surface area (Å²) in [5.41, 5.74) is 4.39. The van der Waals surface area contributed by atoms with Crippen molar-refractivity contribution in [1.29, 1.82) is 0 Å². The fourth-order valence-electron chi connectivity index (χ4n) is 6.61. The minimum atomic E-state index is -0.464. The Balaban J connectivity index is 2.01. The van der Waals surface area contributed by atoms with Gasteiger partial charge in [0.25, 0.3) is 0 Å². The van der Waals surface area contributed by atoms with Crippen LogP contribution < -0.4 is 14.2 Å². The standard InChI is InChI=1S/C47H60O9/c1-11-46(10,38-21-14-16-23-40(38)51-25-28-54-43(48)33(4)5)31-36-19-18-20-37(42(36)53-27-30-56-45(50)35(8)9)32-47(12-2,13-3)39-22-15-17-24-41(39)52-26-29-55-44(49)34(6)7/h14-24H,4,6,8,11-13,25-32H2,1-3,5,7,9-10H3. The highest BCUT2D eigenvalue weighted by atomic mass is 16.6. The number of hydrogen-bond donors (Lipinski definition) is 0. The highest BCUT2D eigenvalue weighted by Crippen LogP contribution is 2.44. The summed E-state index contributed by atoms with van der Waals surface area (Å²) in [5, 5.41) is 0. The molecule has 0 aromatic heterocycles. The van der Waals surface area contributed by atoms with Gasteiger partial charge in [0.15, 0.2) is 0 Å². The number of rotatable bonds is 24. The van der Waals surface area contributed by atoms with Crippen molar-refractivity contribution in [3.8, 4) is 17.2 Å². The van der Waals surface area contributed by atoms with Crippen molar-refractivity contribution in [3.63, 3.8) is 0 Å². The average molecular weight is 769 g/mol. The Bertz CT molecular complexity index is 1840. The molecule has 3 aromatic carbocycles. The van der Waals surface area contributed by atoms with E-state index in [2.05, 4.69) is 77.8 Å². The van der Waals surface area contributed by atoms with Crippen LogP contribution in [0.4, 0.5) is 0 Å². The summed E-state index contributed by atoms with van der Waals surface area (Å²) in [6.07, 6.45) is 3.68. The zero-order chi connectivity index (χ0) is 41.3. The minimum Gasteiger partial charge on any atom is -0.490 e. The van der Waals surface area contributed by atoms with Crippen molar-refractivity contribution in [2.45, 2.75) is 91.4 Å². The Labute approximate surface area is 333 Å². The van der Waals surface area contributed by atoms with Crippen LogP contribution in [0.2, 0.25) is 0 Å². The van der Waals surface area contributed by atoms with Crippen LogP contribution in [0.15, 0.2) is 103 Å². The third-order valence-electron chi connectivity index (χ3n) is 10.2. The third-order valence-corrected chi connectivity index (χ3v) is 10.2. The molecule has 0 heterocycles. The van der Waals surface area contributed by atoms with E-state index in [-0.39, 0.29) is 50.5 Å². The van der Waals surface area contributed by atoms with Crippen LogP contribution >= 0.6 is 0 Å². The van der Waals surface area contributed by atoms with Crippen LogP contribution in [0.5, 0.6) is 17.2 Å². The Hall–Kier alpha value is -5.31. The van der Waals surface area contributed by atoms with Gasteiger partial charge in [-0.15, -0.1) is 0 Å². The lowest BCUT2D eigenvalue weighted by Crippen LogP contribution is -2.29. The predicted octanol–water partition coefficient (Wildman–Crippen LogP) is 9.39. The molecule has 1 unspecified atom stereocenters. The monoisotopic (exact) mass is 768 g/mol. The van der Waals surface area contributed by atoms with E-state index in [0.29, 0.717) is 29.6 Å². The number of para-hydroxylation sites is 3. The van der Waals surface area contributed by atoms with Gasteiger partial charge in [0, 0.05) is 38.7 Å². The lowest BCUT2D eigenvalue weighted by molar-refractivity contribution is -0.140. The first kappa shape index (κ1) is 45.1. The van der Waals surface area contributed by atoms with Gasteiger partial charge in [-0.1, -0.05) is 102 Å². The Morgan fingerprint density at radius 3 is 1.38 bits per heavy atom. The van der Waals surface area contributed by atoms with Crippen molar-refractivity contribution in [1.82, 2.24) is 0 Å². The summed E-state index contributed by atoms with van der Waals surface area (Å²) in [4.78, 5) is 36.1. The molecule has 3 rings (SSSR count). The maximum atomic E-state index is 12.2. The predicted molar refractivity (Wildman–Crippen MR) is 220 cm³/mol. The normalized spacial score (nSPS) is 12.1. The van der Waals surface area contributed by atoms with Gasteiger partial charge in [0.1, 0.15) is 56.9 Å². The number of benzene rings is 3. The van der Waals surface area contributed by atoms with Crippen molar-refractivity contribution >= 4 is 17.9 Å². The number of ether oxygens (including phenoxy) is 6. The first-order valence-corrected chi connectivity index (χ1v) is 19.4. The van der Waals surface area contributed by atoms with E-state index in [0.717, 1.165) is 58.8 Å². The van der Waals surface area contributed by atoms with E-state index in [4.69, 9.17) is 28.4 Å². The molecule has 0 fully saturated rings. The molecule has 0 aliphatic rings. The van der Waals surface area contributed by atoms with Crippen LogP contribution in [0.25, 0.3) is 0 Å². The molecule has 3 aromatic rings. The molecule has 0 radical (unpaired) electrons. The molecule has 0 aliphatic carbocycles. The van der Waals surface area contributed by atoms with Gasteiger partial charge in [0.05, 0.1) is 0 Å². The van der Waals surface area contributed by atoms with Crippen LogP contribution in [-0.4, -0.2) is 57.5 Å². The van der Waals surface area contributed by atoms with E-state index < -0.39 is 17.9 Å². The van der Waals surface area contributed by atoms with E-state index in [1.54, 1.807) is 20.8 Å². The van der Waals surface area contributed by atoms with Crippen molar-refractivity contribution in [2.24, 2.45) is 0 Å². The molecule has 0 spiro atoms. The van der Waals surface area contributed by atoms with Crippen LogP contribution in [-0.2, 0) is 52.3 Å². The van der Waals surface area contributed by atoms with E-state index >= 15 is 0 Å². The van der Waals surface area contributed by atoms with Crippen molar-refractivity contribution in [3.05, 3.63) is 125 Å². The molecular weight excluding hydrogens is 709 g/mol. The van der Waals surface area contributed by atoms with Crippen LogP contribution in [0.3, 0.4) is 0 Å². The Kier molecular flexibility index (Phi) is 17.5. The van der Waals surface area contributed by atoms with Gasteiger partial charge >= 0.3 is 17.9 Å². The molecule has 1 atom stereocenters. The zero-order valence-corrected chi connectivity index (χ0v) is 34.4. The van der Waals surface area contributed by atoms with Gasteiger partial charge in [-0.25, -0.2) is 14.4 Å². The highest BCUT2D eigenvalue weighted by Gasteiger charge is 2.35. The van der Waals surface area contributed by atoms with Crippen LogP contribution in [0.1, 0.15) is 90.0 Å². The molecule has 0 saturated heterocycles. The number of carbonyl (C=O) groups is 3. The molecule has 0 saturated carbocycles. The maximum absolute atomic E-state index is 12.2. The lowest BCUT2D eigenvalue weighted by Gasteiger charge is -2.35. The number of hydrogen-bond acceptors (Lipinski definition) is 9. The van der Waals surface area contributed by atoms with E-state index in [9.17, 15) is 14.4 Å². The highest BCUT2D eigenvalue weighted by molar-refractivity contribution is 5.87. The molecule has 9 heteroatoms. The second-order valence-electron chi connectivity index (χ2n) is 14.4. The summed E-state index contributed by atoms with van der Waals surface area (Å²) < 4.78 is 35.1. The summed E-state index contributed by atoms with van der Waals surface area (Å²) in [6, 6.07) is 22.2. The molecule has 302 valence electrons. The minimum absolute atomic E-state index is 0.0659. The molecule has 0 amide bonds. The second-order valence-corrected chi connectivity index (χ2v) is 14.4. The quantitative estimate of drug-likeness (QED) is 0.0381. The Morgan fingerprint density at radius 1 is 0.518 bits per heavy atom. The SMILES string of the molecule is C=C(C)C(=O)OCCOc1ccccc1C(C)(CC)Cc1cccc(CC(CC)(CC)c2ccccc2OCCOC(=O)C(=C)C)c1OCCOC(=O)C(=C)C. The van der Waals surface area contributed by atoms with Gasteiger partial charge < -0.3 is 28.4 Å². The first-order valence-electron chi connectivity index (χ1n) is 19.4. The average Bonchev–Trinajstić information content (AvgIpc) is 3.19. The summed E-state index contributed by atoms with van der Waals surface area (Å²) in [6.45, 7) is 25.4. The molecular formula is C47H60O9. The van der Waals surface area contributed by atoms with Gasteiger partial charge in [-0.2, -0.15) is 0 Å². The molecule has 56 heavy (non-hydrogen) atoms. The molecule has 0 aliphatic heterocycles. The Morgan fingerprint density at radius 2 is 0.929 bits per heavy atom. The lowest BCUT2D eigenvalue weighted by atomic mass is 9.70. The smallest absolute Gasteiger partial charge is 0.333 e. The van der Waals surface area contributed by atoms with Crippen LogP contribution in [0, 0.1) is 0 Å². The fraction of sp³-hybridized carbons (Fsp3) is 0.426. The zero-order valence-electron chi connectivity index (χ0n) is 34.4. The van der Waals surface area contributed by atoms with E-state index in [1.807, 2.05) is 36.4 Å². The molecule has 0 N–H and O–H groups in total. The van der Waals surface area contributed by atoms with Gasteiger partial charge in [-0.05, 0) is 76.1 Å². The maximum Gasteiger partial charge on any atom is 0.333 e. The van der Waals surface area contributed by atoms with Crippen molar-refractivity contribution in [2.75, 3.05) is 39.6 Å². The van der Waals surface area contributed by atoms with Crippen molar-refractivity contribution < 1.29 is 42.8 Å². The molecule has 9 nitrogen and oxygen atoms in total. The topological polar surface area (TPSA) is 107 Å². The number of esters is 3. The second kappa shape index (κ2) is 21.7. The first-order chi connectivity index (χ1) is 26.7. The molecule has 0 bridgehead atoms. The summed E-state index contributed by atoms with van der Waals surface area (Å²) >= 11 is 0. The fourth-order valence-corrected chi connectivity index (χ4v) is 6.61. The largest absolute Gasteiger partial charge is 0.490 e. The summed E-state index contributed by atoms with van der Waals surface area (Å²) in [5.74, 6) is 0.841. The van der Waals surface area contributed by atoms with Gasteiger partial charge in [-0.3, -0.25) is 0 Å². The third kappa shape index (κ3) is 12.4. The van der Waals surface area contributed by atoms with E-state index in [1.165, 1.54) is 0 Å². The number of carbonyl (C=O) groups excluding carboxylic acids is 3. The summed E-state index contributed by atoms with van der Waals surface area (Å²) in [7, 11) is 0.